The SMILES string of the molecule is CCCCCOC[C@@H]1COc2cc(C)ccc2O1. The molecule has 1 heterocycles. The molecule has 1 aromatic carbocycles. The Labute approximate surface area is 109 Å². The molecule has 0 bridgehead atoms. The second-order valence-corrected chi connectivity index (χ2v) is 4.78. The van der Waals surface area contributed by atoms with E-state index in [1.54, 1.807) is 0 Å². The molecule has 0 aromatic heterocycles. The molecular formula is C15H22O3. The Balaban J connectivity index is 1.76. The third-order valence-electron chi connectivity index (χ3n) is 3.01. The van der Waals surface area contributed by atoms with Gasteiger partial charge in [-0.05, 0) is 31.0 Å². The molecule has 3 nitrogen and oxygen atoms in total. The highest BCUT2D eigenvalue weighted by Gasteiger charge is 2.20. The van der Waals surface area contributed by atoms with E-state index in [2.05, 4.69) is 6.92 Å². The maximum absolute atomic E-state index is 5.84. The van der Waals surface area contributed by atoms with Crippen LogP contribution in [0.25, 0.3) is 0 Å². The lowest BCUT2D eigenvalue weighted by molar-refractivity contribution is 0.00783. The lowest BCUT2D eigenvalue weighted by Crippen LogP contribution is -2.33. The third kappa shape index (κ3) is 3.64. The van der Waals surface area contributed by atoms with Crippen LogP contribution in [0.2, 0.25) is 0 Å². The van der Waals surface area contributed by atoms with E-state index in [9.17, 15) is 0 Å². The maximum Gasteiger partial charge on any atom is 0.161 e. The number of rotatable bonds is 6. The second-order valence-electron chi connectivity index (χ2n) is 4.78. The summed E-state index contributed by atoms with van der Waals surface area (Å²) in [5.74, 6) is 1.67. The van der Waals surface area contributed by atoms with Crippen molar-refractivity contribution < 1.29 is 14.2 Å². The van der Waals surface area contributed by atoms with Gasteiger partial charge >= 0.3 is 0 Å². The molecule has 100 valence electrons. The van der Waals surface area contributed by atoms with Crippen molar-refractivity contribution in [2.45, 2.75) is 39.2 Å². The first-order valence-electron chi connectivity index (χ1n) is 6.77. The smallest absolute Gasteiger partial charge is 0.161 e. The van der Waals surface area contributed by atoms with Gasteiger partial charge in [0.15, 0.2) is 17.6 Å². The number of fused-ring (bicyclic) bond motifs is 1. The number of aryl methyl sites for hydroxylation is 1. The number of hydrogen-bond donors (Lipinski definition) is 0. The molecule has 1 aliphatic rings. The fourth-order valence-electron chi connectivity index (χ4n) is 1.97. The molecular weight excluding hydrogens is 228 g/mol. The molecule has 2 rings (SSSR count). The summed E-state index contributed by atoms with van der Waals surface area (Å²) >= 11 is 0. The standard InChI is InChI=1S/C15H22O3/c1-3-4-5-8-16-10-13-11-17-15-9-12(2)6-7-14(15)18-13/h6-7,9,13H,3-5,8,10-11H2,1-2H3/t13-/m1/s1. The van der Waals surface area contributed by atoms with E-state index in [0.29, 0.717) is 13.2 Å². The van der Waals surface area contributed by atoms with E-state index in [1.165, 1.54) is 18.4 Å². The zero-order valence-electron chi connectivity index (χ0n) is 11.3. The van der Waals surface area contributed by atoms with Gasteiger partial charge in [0.25, 0.3) is 0 Å². The highest BCUT2D eigenvalue weighted by Crippen LogP contribution is 2.32. The topological polar surface area (TPSA) is 27.7 Å². The lowest BCUT2D eigenvalue weighted by atomic mass is 10.2. The Morgan fingerprint density at radius 3 is 3.00 bits per heavy atom. The minimum Gasteiger partial charge on any atom is -0.486 e. The summed E-state index contributed by atoms with van der Waals surface area (Å²) < 4.78 is 17.1. The van der Waals surface area contributed by atoms with Crippen molar-refractivity contribution >= 4 is 0 Å². The minimum atomic E-state index is 0.0156. The van der Waals surface area contributed by atoms with E-state index in [0.717, 1.165) is 24.5 Å². The Kier molecular flexibility index (Phi) is 4.88. The molecule has 0 spiro atoms. The van der Waals surface area contributed by atoms with Crippen molar-refractivity contribution in [2.75, 3.05) is 19.8 Å². The van der Waals surface area contributed by atoms with Gasteiger partial charge in [0.1, 0.15) is 6.61 Å². The number of hydrogen-bond acceptors (Lipinski definition) is 3. The van der Waals surface area contributed by atoms with Crippen molar-refractivity contribution in [3.8, 4) is 11.5 Å². The quantitative estimate of drug-likeness (QED) is 0.725. The summed E-state index contributed by atoms with van der Waals surface area (Å²) in [6.45, 7) is 6.24. The van der Waals surface area contributed by atoms with Gasteiger partial charge in [-0.3, -0.25) is 0 Å². The lowest BCUT2D eigenvalue weighted by Gasteiger charge is -2.26. The molecule has 18 heavy (non-hydrogen) atoms. The van der Waals surface area contributed by atoms with Crippen LogP contribution < -0.4 is 9.47 Å². The largest absolute Gasteiger partial charge is 0.486 e. The van der Waals surface area contributed by atoms with E-state index in [-0.39, 0.29) is 6.10 Å². The van der Waals surface area contributed by atoms with Crippen molar-refractivity contribution in [3.05, 3.63) is 23.8 Å². The summed E-state index contributed by atoms with van der Waals surface area (Å²) in [7, 11) is 0. The third-order valence-corrected chi connectivity index (χ3v) is 3.01. The molecule has 0 fully saturated rings. The Bertz CT molecular complexity index is 376. The summed E-state index contributed by atoms with van der Waals surface area (Å²) in [5.41, 5.74) is 1.19. The molecule has 1 aromatic rings. The second kappa shape index (κ2) is 6.64. The van der Waals surface area contributed by atoms with Crippen LogP contribution in [0.15, 0.2) is 18.2 Å². The predicted octanol–water partition coefficient (Wildman–Crippen LogP) is 3.34. The molecule has 0 saturated carbocycles. The highest BCUT2D eigenvalue weighted by atomic mass is 16.6. The average Bonchev–Trinajstić information content (AvgIpc) is 2.38. The molecule has 0 amide bonds. The molecule has 0 N–H and O–H groups in total. The monoisotopic (exact) mass is 250 g/mol. The first kappa shape index (κ1) is 13.2. The average molecular weight is 250 g/mol. The van der Waals surface area contributed by atoms with Crippen LogP contribution in [0.4, 0.5) is 0 Å². The van der Waals surface area contributed by atoms with Gasteiger partial charge in [-0.2, -0.15) is 0 Å². The van der Waals surface area contributed by atoms with Crippen LogP contribution in [0, 0.1) is 6.92 Å². The van der Waals surface area contributed by atoms with E-state index < -0.39 is 0 Å². The maximum atomic E-state index is 5.84. The molecule has 0 aliphatic carbocycles. The summed E-state index contributed by atoms with van der Waals surface area (Å²) in [5, 5.41) is 0. The summed E-state index contributed by atoms with van der Waals surface area (Å²) in [6.07, 6.45) is 3.59. The van der Waals surface area contributed by atoms with E-state index in [1.807, 2.05) is 25.1 Å². The van der Waals surface area contributed by atoms with Crippen molar-refractivity contribution in [3.63, 3.8) is 0 Å². The van der Waals surface area contributed by atoms with Crippen LogP contribution in [0.3, 0.4) is 0 Å². The van der Waals surface area contributed by atoms with Crippen LogP contribution in [0.5, 0.6) is 11.5 Å². The van der Waals surface area contributed by atoms with Crippen LogP contribution in [-0.4, -0.2) is 25.9 Å². The van der Waals surface area contributed by atoms with Gasteiger partial charge in [0, 0.05) is 6.61 Å². The Morgan fingerprint density at radius 1 is 1.28 bits per heavy atom. The fraction of sp³-hybridized carbons (Fsp3) is 0.600. The van der Waals surface area contributed by atoms with Crippen molar-refractivity contribution in [1.82, 2.24) is 0 Å². The summed E-state index contributed by atoms with van der Waals surface area (Å²) in [4.78, 5) is 0. The number of benzene rings is 1. The van der Waals surface area contributed by atoms with Crippen LogP contribution in [-0.2, 0) is 4.74 Å². The minimum absolute atomic E-state index is 0.0156. The highest BCUT2D eigenvalue weighted by molar-refractivity contribution is 5.43. The van der Waals surface area contributed by atoms with Crippen LogP contribution >= 0.6 is 0 Å². The molecule has 3 heteroatoms. The van der Waals surface area contributed by atoms with Gasteiger partial charge in [0.05, 0.1) is 6.61 Å². The van der Waals surface area contributed by atoms with Gasteiger partial charge in [-0.15, -0.1) is 0 Å². The van der Waals surface area contributed by atoms with Gasteiger partial charge < -0.3 is 14.2 Å². The first-order chi connectivity index (χ1) is 8.79. The van der Waals surface area contributed by atoms with E-state index in [4.69, 9.17) is 14.2 Å². The molecule has 0 radical (unpaired) electrons. The van der Waals surface area contributed by atoms with Gasteiger partial charge in [-0.25, -0.2) is 0 Å². The molecule has 1 aliphatic heterocycles. The van der Waals surface area contributed by atoms with Gasteiger partial charge in [-0.1, -0.05) is 25.8 Å². The normalized spacial score (nSPS) is 17.8. The van der Waals surface area contributed by atoms with Crippen molar-refractivity contribution in [1.29, 1.82) is 0 Å². The number of unbranched alkanes of at least 4 members (excludes halogenated alkanes) is 2. The van der Waals surface area contributed by atoms with Crippen LogP contribution in [0.1, 0.15) is 31.7 Å². The zero-order valence-corrected chi connectivity index (χ0v) is 11.3. The van der Waals surface area contributed by atoms with Gasteiger partial charge in [0.2, 0.25) is 0 Å². The predicted molar refractivity (Wildman–Crippen MR) is 71.4 cm³/mol. The molecule has 0 unspecified atom stereocenters. The Hall–Kier alpha value is -1.22. The summed E-state index contributed by atoms with van der Waals surface area (Å²) in [6, 6.07) is 6.01. The Morgan fingerprint density at radius 2 is 2.17 bits per heavy atom. The zero-order chi connectivity index (χ0) is 12.8. The number of ether oxygens (including phenoxy) is 3. The first-order valence-corrected chi connectivity index (χ1v) is 6.77. The van der Waals surface area contributed by atoms with E-state index >= 15 is 0 Å². The fourth-order valence-corrected chi connectivity index (χ4v) is 1.97. The molecule has 1 atom stereocenters. The molecule has 0 saturated heterocycles. The van der Waals surface area contributed by atoms with Crippen molar-refractivity contribution in [2.24, 2.45) is 0 Å².